The van der Waals surface area contributed by atoms with Crippen molar-refractivity contribution in [3.8, 4) is 11.5 Å². The molecule has 12 nitrogen and oxygen atoms in total. The van der Waals surface area contributed by atoms with Gasteiger partial charge in [-0.05, 0) is 68.5 Å². The summed E-state index contributed by atoms with van der Waals surface area (Å²) in [6.45, 7) is 5.21. The van der Waals surface area contributed by atoms with Crippen LogP contribution in [-0.2, 0) is 37.0 Å². The molecule has 234 valence electrons. The Balaban J connectivity index is 1.40. The van der Waals surface area contributed by atoms with Gasteiger partial charge in [-0.25, -0.2) is 14.6 Å². The van der Waals surface area contributed by atoms with E-state index < -0.39 is 41.0 Å². The van der Waals surface area contributed by atoms with Crippen molar-refractivity contribution < 1.29 is 38.1 Å². The van der Waals surface area contributed by atoms with Crippen LogP contribution in [0.25, 0.3) is 0 Å². The molecule has 2 saturated carbocycles. The number of fused-ring (bicyclic) bond motifs is 1. The molecule has 5 atom stereocenters. The molecular weight excluding hydrogens is 588 g/mol. The average Bonchev–Trinajstić information content (AvgIpc) is 3.39. The van der Waals surface area contributed by atoms with Crippen LogP contribution in [0.4, 0.5) is 4.79 Å². The average molecular weight is 625 g/mol. The third kappa shape index (κ3) is 6.93. The number of carbonyl (C=O) groups is 3. The predicted molar refractivity (Wildman–Crippen MR) is 159 cm³/mol. The number of aromatic nitrogens is 3. The Morgan fingerprint density at radius 2 is 1.55 bits per heavy atom. The molecule has 0 aliphatic heterocycles. The molecule has 44 heavy (non-hydrogen) atoms. The fourth-order valence-electron chi connectivity index (χ4n) is 5.70. The van der Waals surface area contributed by atoms with Crippen molar-refractivity contribution >= 4 is 29.8 Å². The van der Waals surface area contributed by atoms with Crippen LogP contribution in [0.3, 0.4) is 0 Å². The van der Waals surface area contributed by atoms with E-state index in [4.69, 9.17) is 23.7 Å². The van der Waals surface area contributed by atoms with E-state index in [1.165, 1.54) is 18.1 Å². The monoisotopic (exact) mass is 624 g/mol. The Bertz CT molecular complexity index is 1460. The van der Waals surface area contributed by atoms with Gasteiger partial charge in [-0.3, -0.25) is 9.89 Å². The second kappa shape index (κ2) is 12.8. The largest absolute Gasteiger partial charge is 0.497 e. The van der Waals surface area contributed by atoms with Gasteiger partial charge in [0, 0.05) is 11.2 Å². The third-order valence-corrected chi connectivity index (χ3v) is 8.89. The summed E-state index contributed by atoms with van der Waals surface area (Å²) in [5, 5.41) is 9.83. The topological polar surface area (TPSA) is 151 Å². The summed E-state index contributed by atoms with van der Waals surface area (Å²) in [6, 6.07) is 14.3. The van der Waals surface area contributed by atoms with Crippen molar-refractivity contribution in [1.29, 1.82) is 0 Å². The van der Waals surface area contributed by atoms with Crippen LogP contribution < -0.4 is 14.8 Å². The van der Waals surface area contributed by atoms with Crippen molar-refractivity contribution in [2.45, 2.75) is 62.0 Å². The molecule has 1 unspecified atom stereocenters. The van der Waals surface area contributed by atoms with E-state index in [9.17, 15) is 14.4 Å². The maximum atomic E-state index is 14.0. The van der Waals surface area contributed by atoms with Crippen LogP contribution in [-0.4, -0.2) is 63.8 Å². The first-order chi connectivity index (χ1) is 21.0. The van der Waals surface area contributed by atoms with E-state index in [1.807, 2.05) is 12.1 Å². The number of rotatable bonds is 11. The molecule has 1 amide bonds. The van der Waals surface area contributed by atoms with Crippen LogP contribution in [0, 0.1) is 17.8 Å². The molecule has 2 aromatic carbocycles. The highest BCUT2D eigenvalue weighted by atomic mass is 32.2. The molecule has 1 aromatic heterocycles. The lowest BCUT2D eigenvalue weighted by Crippen LogP contribution is -2.58. The molecule has 13 heteroatoms. The first-order valence-corrected chi connectivity index (χ1v) is 15.0. The first kappa shape index (κ1) is 31.2. The van der Waals surface area contributed by atoms with Crippen LogP contribution in [0.2, 0.25) is 0 Å². The van der Waals surface area contributed by atoms with Crippen molar-refractivity contribution in [2.24, 2.45) is 17.8 Å². The van der Waals surface area contributed by atoms with Gasteiger partial charge in [-0.15, -0.1) is 0 Å². The van der Waals surface area contributed by atoms with Gasteiger partial charge in [0.1, 0.15) is 42.2 Å². The molecule has 3 aromatic rings. The number of carbonyl (C=O) groups excluding carboxylic acids is 3. The van der Waals surface area contributed by atoms with Gasteiger partial charge < -0.3 is 29.0 Å². The van der Waals surface area contributed by atoms with E-state index in [0.717, 1.165) is 11.1 Å². The number of benzene rings is 2. The number of methoxy groups -OCH3 is 2. The molecule has 5 rings (SSSR count). The number of H-pyrrole nitrogens is 1. The normalized spacial score (nSPS) is 23.7. The lowest BCUT2D eigenvalue weighted by molar-refractivity contribution is -0.155. The summed E-state index contributed by atoms with van der Waals surface area (Å²) >= 11 is 1.36. The maximum Gasteiger partial charge on any atom is 0.408 e. The predicted octanol–water partition coefficient (Wildman–Crippen LogP) is 4.30. The Morgan fingerprint density at radius 3 is 2.07 bits per heavy atom. The van der Waals surface area contributed by atoms with Crippen LogP contribution in [0.5, 0.6) is 11.5 Å². The number of alkyl carbamates (subject to hydrolysis) is 1. The highest BCUT2D eigenvalue weighted by Crippen LogP contribution is 2.66. The second-order valence-corrected chi connectivity index (χ2v) is 13.0. The maximum absolute atomic E-state index is 14.0. The van der Waals surface area contributed by atoms with Gasteiger partial charge in [0.05, 0.1) is 20.1 Å². The summed E-state index contributed by atoms with van der Waals surface area (Å²) in [5.74, 6) is -1.29. The number of nitrogens with one attached hydrogen (secondary N) is 2. The highest BCUT2D eigenvalue weighted by molar-refractivity contribution is 7.99. The third-order valence-electron chi connectivity index (χ3n) is 7.68. The fourth-order valence-corrected chi connectivity index (χ4v) is 7.04. The SMILES string of the molecule is COc1ccc(COC(=O)[C@H]2C3[C@@H](Sc4ncn[nH]4)C[C@@](NC(=O)OC(C)(C)C)(C(=O)OCc4ccc(OC)cc4)[C@@H]32)cc1. The molecule has 0 saturated heterocycles. The zero-order valence-electron chi connectivity index (χ0n) is 25.2. The number of aromatic amines is 1. The summed E-state index contributed by atoms with van der Waals surface area (Å²) < 4.78 is 27.5. The lowest BCUT2D eigenvalue weighted by Gasteiger charge is -2.33. The van der Waals surface area contributed by atoms with Crippen molar-refractivity contribution in [3.63, 3.8) is 0 Å². The standard InChI is InChI=1S/C31H36N4O8S/c1-30(2,3)43-29(38)34-31(27(37)42-16-19-8-12-21(40-5)13-9-19)14-22(44-28-32-17-33-35-28)23-24(25(23)31)26(36)41-15-18-6-10-20(39-4)11-7-18/h6-13,17,22-25H,14-16H2,1-5H3,(H,34,38)(H,32,33,35)/t22-,23?,24-,25-,31-/m0/s1. The Morgan fingerprint density at radius 1 is 0.955 bits per heavy atom. The highest BCUT2D eigenvalue weighted by Gasteiger charge is 2.76. The van der Waals surface area contributed by atoms with Crippen LogP contribution in [0.15, 0.2) is 60.0 Å². The summed E-state index contributed by atoms with van der Waals surface area (Å²) in [7, 11) is 3.15. The van der Waals surface area contributed by atoms with Gasteiger partial charge >= 0.3 is 18.0 Å². The molecule has 0 radical (unpaired) electrons. The van der Waals surface area contributed by atoms with Gasteiger partial charge in [0.15, 0.2) is 5.16 Å². The molecule has 2 aliphatic rings. The van der Waals surface area contributed by atoms with Gasteiger partial charge in [0.25, 0.3) is 0 Å². The Kier molecular flexibility index (Phi) is 9.05. The van der Waals surface area contributed by atoms with Crippen molar-refractivity contribution in [2.75, 3.05) is 14.2 Å². The number of esters is 2. The van der Waals surface area contributed by atoms with E-state index >= 15 is 0 Å². The summed E-state index contributed by atoms with van der Waals surface area (Å²) in [6.07, 6.45) is 0.800. The minimum atomic E-state index is -1.54. The number of amides is 1. The van der Waals surface area contributed by atoms with Gasteiger partial charge in [0.2, 0.25) is 0 Å². The summed E-state index contributed by atoms with van der Waals surface area (Å²) in [4.78, 5) is 45.0. The Hall–Kier alpha value is -4.26. The number of thioether (sulfide) groups is 1. The molecule has 0 spiro atoms. The van der Waals surface area contributed by atoms with Crippen molar-refractivity contribution in [3.05, 3.63) is 66.0 Å². The van der Waals surface area contributed by atoms with E-state index in [-0.39, 0.29) is 30.8 Å². The minimum Gasteiger partial charge on any atom is -0.497 e. The number of hydrogen-bond acceptors (Lipinski definition) is 11. The zero-order chi connectivity index (χ0) is 31.5. The van der Waals surface area contributed by atoms with Crippen LogP contribution in [0.1, 0.15) is 38.3 Å². The molecule has 2 N–H and O–H groups in total. The molecule has 2 aliphatic carbocycles. The number of ether oxygens (including phenoxy) is 5. The van der Waals surface area contributed by atoms with Crippen LogP contribution >= 0.6 is 11.8 Å². The smallest absolute Gasteiger partial charge is 0.408 e. The number of hydrogen-bond donors (Lipinski definition) is 2. The quantitative estimate of drug-likeness (QED) is 0.232. The van der Waals surface area contributed by atoms with Gasteiger partial charge in [-0.1, -0.05) is 36.0 Å². The molecular formula is C31H36N4O8S. The van der Waals surface area contributed by atoms with E-state index in [1.54, 1.807) is 71.4 Å². The fraction of sp³-hybridized carbons (Fsp3) is 0.452. The van der Waals surface area contributed by atoms with E-state index in [2.05, 4.69) is 20.5 Å². The van der Waals surface area contributed by atoms with Gasteiger partial charge in [-0.2, -0.15) is 5.10 Å². The van der Waals surface area contributed by atoms with Crippen molar-refractivity contribution in [1.82, 2.24) is 20.5 Å². The minimum absolute atomic E-state index is 0.0372. The second-order valence-electron chi connectivity index (χ2n) is 11.8. The summed E-state index contributed by atoms with van der Waals surface area (Å²) in [5.41, 5.74) is -0.833. The lowest BCUT2D eigenvalue weighted by atomic mass is 9.90. The molecule has 0 bridgehead atoms. The first-order valence-electron chi connectivity index (χ1n) is 14.2. The number of nitrogens with zero attached hydrogens (tertiary/aromatic N) is 2. The zero-order valence-corrected chi connectivity index (χ0v) is 26.0. The van der Waals surface area contributed by atoms with E-state index in [0.29, 0.717) is 16.7 Å². The molecule has 1 heterocycles. The Labute approximate surface area is 259 Å². The molecule has 2 fully saturated rings.